The van der Waals surface area contributed by atoms with Crippen LogP contribution in [0.4, 0.5) is 0 Å². The molecule has 0 aromatic rings. The molecule has 0 saturated carbocycles. The van der Waals surface area contributed by atoms with E-state index in [9.17, 15) is 4.79 Å². The average Bonchev–Trinajstić information content (AvgIpc) is 1.99. The van der Waals surface area contributed by atoms with Crippen LogP contribution in [-0.4, -0.2) is 28.9 Å². The summed E-state index contributed by atoms with van der Waals surface area (Å²) in [5.41, 5.74) is 2.30. The van der Waals surface area contributed by atoms with Crippen molar-refractivity contribution in [3.05, 3.63) is 0 Å². The number of carboxylic acids is 1. The highest BCUT2D eigenvalue weighted by molar-refractivity contribution is 7.80. The first-order valence-electron chi connectivity index (χ1n) is 2.83. The Bertz CT molecular complexity index is 202. The van der Waals surface area contributed by atoms with E-state index < -0.39 is 5.97 Å². The molecule has 0 fully saturated rings. The van der Waals surface area contributed by atoms with Crippen LogP contribution in [0, 0.1) is 0 Å². The van der Waals surface area contributed by atoms with Gasteiger partial charge < -0.3 is 10.4 Å². The molecule has 0 heterocycles. The molecule has 0 aliphatic rings. The Balaban J connectivity index is 3.92. The SMILES string of the molecule is CNC(=S)N/N=C(/C)C(=O)O. The molecular formula is C5H9N3O2S. The molecule has 0 aromatic heterocycles. The monoisotopic (exact) mass is 175 g/mol. The van der Waals surface area contributed by atoms with Gasteiger partial charge in [0.05, 0.1) is 0 Å². The zero-order valence-corrected chi connectivity index (χ0v) is 7.03. The Morgan fingerprint density at radius 2 is 2.18 bits per heavy atom. The highest BCUT2D eigenvalue weighted by Crippen LogP contribution is 1.74. The van der Waals surface area contributed by atoms with Crippen molar-refractivity contribution in [2.75, 3.05) is 7.05 Å². The third kappa shape index (κ3) is 4.26. The number of carboxylic acid groups (broad SMARTS) is 1. The quantitative estimate of drug-likeness (QED) is 0.301. The first kappa shape index (κ1) is 9.83. The molecule has 6 heteroatoms. The molecule has 0 radical (unpaired) electrons. The van der Waals surface area contributed by atoms with E-state index in [0.717, 1.165) is 0 Å². The Kier molecular flexibility index (Phi) is 4.12. The second-order valence-electron chi connectivity index (χ2n) is 1.69. The molecule has 0 bridgehead atoms. The van der Waals surface area contributed by atoms with E-state index in [1.165, 1.54) is 6.92 Å². The molecule has 0 rings (SSSR count). The molecule has 0 atom stereocenters. The maximum absolute atomic E-state index is 10.2. The minimum absolute atomic E-state index is 0.0393. The largest absolute Gasteiger partial charge is 0.477 e. The topological polar surface area (TPSA) is 73.7 Å². The molecule has 0 saturated heterocycles. The fourth-order valence-electron chi connectivity index (χ4n) is 0.238. The number of hydrazone groups is 1. The Hall–Kier alpha value is -1.17. The van der Waals surface area contributed by atoms with Crippen LogP contribution >= 0.6 is 12.2 Å². The van der Waals surface area contributed by atoms with Gasteiger partial charge in [0.15, 0.2) is 5.11 Å². The smallest absolute Gasteiger partial charge is 0.351 e. The van der Waals surface area contributed by atoms with Gasteiger partial charge in [0.25, 0.3) is 0 Å². The van der Waals surface area contributed by atoms with Crippen LogP contribution in [0.15, 0.2) is 5.10 Å². The summed E-state index contributed by atoms with van der Waals surface area (Å²) in [5.74, 6) is -1.07. The fraction of sp³-hybridized carbons (Fsp3) is 0.400. The molecule has 5 nitrogen and oxygen atoms in total. The van der Waals surface area contributed by atoms with Crippen molar-refractivity contribution in [3.63, 3.8) is 0 Å². The van der Waals surface area contributed by atoms with Crippen LogP contribution in [0.1, 0.15) is 6.92 Å². The number of thiocarbonyl (C=S) groups is 1. The van der Waals surface area contributed by atoms with Gasteiger partial charge in [-0.15, -0.1) is 0 Å². The van der Waals surface area contributed by atoms with Crippen LogP contribution in [0.25, 0.3) is 0 Å². The van der Waals surface area contributed by atoms with Crippen LogP contribution in [-0.2, 0) is 4.79 Å². The number of rotatable bonds is 2. The third-order valence-electron chi connectivity index (χ3n) is 0.862. The van der Waals surface area contributed by atoms with E-state index in [1.807, 2.05) is 0 Å². The van der Waals surface area contributed by atoms with Crippen molar-refractivity contribution < 1.29 is 9.90 Å². The third-order valence-corrected chi connectivity index (χ3v) is 1.16. The van der Waals surface area contributed by atoms with Gasteiger partial charge in [-0.25, -0.2) is 4.79 Å². The molecule has 0 amide bonds. The molecule has 0 spiro atoms. The summed E-state index contributed by atoms with van der Waals surface area (Å²) in [6.07, 6.45) is 0. The molecular weight excluding hydrogens is 166 g/mol. The van der Waals surface area contributed by atoms with E-state index in [1.54, 1.807) is 7.05 Å². The number of carbonyl (C=O) groups is 1. The zero-order valence-electron chi connectivity index (χ0n) is 6.21. The van der Waals surface area contributed by atoms with Gasteiger partial charge in [0, 0.05) is 7.05 Å². The van der Waals surface area contributed by atoms with Crippen molar-refractivity contribution in [2.45, 2.75) is 6.92 Å². The Morgan fingerprint density at radius 3 is 2.55 bits per heavy atom. The van der Waals surface area contributed by atoms with Gasteiger partial charge in [0.2, 0.25) is 0 Å². The summed E-state index contributed by atoms with van der Waals surface area (Å²) in [6, 6.07) is 0. The van der Waals surface area contributed by atoms with Crippen molar-refractivity contribution in [2.24, 2.45) is 5.10 Å². The predicted molar refractivity (Wildman–Crippen MR) is 45.5 cm³/mol. The van der Waals surface area contributed by atoms with Gasteiger partial charge in [-0.3, -0.25) is 5.43 Å². The summed E-state index contributed by atoms with van der Waals surface area (Å²) in [6.45, 7) is 1.37. The van der Waals surface area contributed by atoms with Crippen molar-refractivity contribution in [1.82, 2.24) is 10.7 Å². The van der Waals surface area contributed by atoms with E-state index in [4.69, 9.17) is 5.11 Å². The maximum Gasteiger partial charge on any atom is 0.351 e. The standard InChI is InChI=1S/C5H9N3O2S/c1-3(4(9)10)7-8-5(11)6-2/h1-2H3,(H,9,10)(H2,6,8,11)/b7-3-. The molecule has 0 aromatic carbocycles. The van der Waals surface area contributed by atoms with E-state index in [0.29, 0.717) is 0 Å². The summed E-state index contributed by atoms with van der Waals surface area (Å²) < 4.78 is 0. The summed E-state index contributed by atoms with van der Waals surface area (Å²) >= 11 is 4.64. The van der Waals surface area contributed by atoms with Gasteiger partial charge in [0.1, 0.15) is 5.71 Å². The van der Waals surface area contributed by atoms with Crippen LogP contribution in [0.5, 0.6) is 0 Å². The summed E-state index contributed by atoms with van der Waals surface area (Å²) in [5, 5.41) is 14.7. The number of nitrogens with zero attached hydrogens (tertiary/aromatic N) is 1. The lowest BCUT2D eigenvalue weighted by Crippen LogP contribution is -2.30. The summed E-state index contributed by atoms with van der Waals surface area (Å²) in [4.78, 5) is 10.2. The number of aliphatic carboxylic acids is 1. The zero-order chi connectivity index (χ0) is 8.85. The molecule has 0 aliphatic heterocycles. The van der Waals surface area contributed by atoms with Gasteiger partial charge in [-0.1, -0.05) is 0 Å². The fourth-order valence-corrected chi connectivity index (χ4v) is 0.284. The molecule has 62 valence electrons. The first-order valence-corrected chi connectivity index (χ1v) is 3.24. The minimum Gasteiger partial charge on any atom is -0.477 e. The number of hydrogen-bond acceptors (Lipinski definition) is 3. The molecule has 11 heavy (non-hydrogen) atoms. The average molecular weight is 175 g/mol. The number of hydrogen-bond donors (Lipinski definition) is 3. The Morgan fingerprint density at radius 1 is 1.64 bits per heavy atom. The second-order valence-corrected chi connectivity index (χ2v) is 2.10. The van der Waals surface area contributed by atoms with Crippen molar-refractivity contribution in [1.29, 1.82) is 0 Å². The lowest BCUT2D eigenvalue weighted by Gasteiger charge is -1.99. The Labute approximate surface area is 69.5 Å². The van der Waals surface area contributed by atoms with Crippen LogP contribution < -0.4 is 10.7 Å². The molecule has 3 N–H and O–H groups in total. The van der Waals surface area contributed by atoms with Gasteiger partial charge in [-0.2, -0.15) is 5.10 Å². The van der Waals surface area contributed by atoms with Crippen molar-refractivity contribution >= 4 is 29.0 Å². The second kappa shape index (κ2) is 4.62. The van der Waals surface area contributed by atoms with E-state index >= 15 is 0 Å². The first-order chi connectivity index (χ1) is 5.07. The van der Waals surface area contributed by atoms with Crippen molar-refractivity contribution in [3.8, 4) is 0 Å². The minimum atomic E-state index is -1.07. The molecule has 0 unspecified atom stereocenters. The van der Waals surface area contributed by atoms with Gasteiger partial charge >= 0.3 is 5.97 Å². The van der Waals surface area contributed by atoms with Crippen LogP contribution in [0.3, 0.4) is 0 Å². The lowest BCUT2D eigenvalue weighted by atomic mass is 10.4. The highest BCUT2D eigenvalue weighted by atomic mass is 32.1. The molecule has 0 aliphatic carbocycles. The van der Waals surface area contributed by atoms with E-state index in [2.05, 4.69) is 28.1 Å². The highest BCUT2D eigenvalue weighted by Gasteiger charge is 2.00. The summed E-state index contributed by atoms with van der Waals surface area (Å²) in [7, 11) is 1.61. The predicted octanol–water partition coefficient (Wildman–Crippen LogP) is -0.459. The normalized spacial score (nSPS) is 10.5. The van der Waals surface area contributed by atoms with Gasteiger partial charge in [-0.05, 0) is 19.1 Å². The maximum atomic E-state index is 10.2. The lowest BCUT2D eigenvalue weighted by molar-refractivity contribution is -0.129. The number of nitrogens with one attached hydrogen (secondary N) is 2. The van der Waals surface area contributed by atoms with E-state index in [-0.39, 0.29) is 10.8 Å². The van der Waals surface area contributed by atoms with Crippen LogP contribution in [0.2, 0.25) is 0 Å².